The first kappa shape index (κ1) is 15.9. The lowest BCUT2D eigenvalue weighted by Crippen LogP contribution is -2.34. The Hall–Kier alpha value is -0.520. The van der Waals surface area contributed by atoms with E-state index in [9.17, 15) is 8.42 Å². The van der Waals surface area contributed by atoms with E-state index in [0.29, 0.717) is 30.2 Å². The van der Waals surface area contributed by atoms with Crippen LogP contribution in [0.25, 0.3) is 0 Å². The third-order valence-electron chi connectivity index (χ3n) is 3.87. The van der Waals surface area contributed by atoms with E-state index in [-0.39, 0.29) is 10.8 Å². The largest absolute Gasteiger partial charge is 0.465 e. The lowest BCUT2D eigenvalue weighted by atomic mass is 10.1. The molecular formula is C14H22ClNO3S. The van der Waals surface area contributed by atoms with Crippen LogP contribution in [0.1, 0.15) is 49.2 Å². The minimum atomic E-state index is -3.50. The molecule has 0 aliphatic carbocycles. The van der Waals surface area contributed by atoms with Gasteiger partial charge in [0.1, 0.15) is 16.4 Å². The Balaban J connectivity index is 2.38. The average Bonchev–Trinajstić information content (AvgIpc) is 2.62. The van der Waals surface area contributed by atoms with Gasteiger partial charge in [-0.3, -0.25) is 0 Å². The van der Waals surface area contributed by atoms with E-state index in [1.54, 1.807) is 18.2 Å². The Morgan fingerprint density at radius 2 is 1.60 bits per heavy atom. The van der Waals surface area contributed by atoms with Gasteiger partial charge >= 0.3 is 0 Å². The molecule has 20 heavy (non-hydrogen) atoms. The van der Waals surface area contributed by atoms with Crippen LogP contribution in [-0.4, -0.2) is 25.8 Å². The second-order valence-corrected chi connectivity index (χ2v) is 7.47. The number of rotatable bonds is 3. The molecular weight excluding hydrogens is 298 g/mol. The molecule has 114 valence electrons. The van der Waals surface area contributed by atoms with Crippen LogP contribution >= 0.6 is 11.6 Å². The Labute approximate surface area is 126 Å². The zero-order valence-corrected chi connectivity index (χ0v) is 13.7. The quantitative estimate of drug-likeness (QED) is 0.800. The summed E-state index contributed by atoms with van der Waals surface area (Å²) < 4.78 is 32.8. The van der Waals surface area contributed by atoms with Crippen LogP contribution in [0.2, 0.25) is 0 Å². The highest BCUT2D eigenvalue weighted by Crippen LogP contribution is 2.31. The molecule has 2 heterocycles. The monoisotopic (exact) mass is 319 g/mol. The van der Waals surface area contributed by atoms with Crippen LogP contribution in [0.15, 0.2) is 9.31 Å². The SMILES string of the molecule is Cc1oc(C)c(S(=O)(=O)N2CCCCCCC2)c1CCl. The van der Waals surface area contributed by atoms with Gasteiger partial charge < -0.3 is 4.42 Å². The smallest absolute Gasteiger partial charge is 0.246 e. The molecule has 6 heteroatoms. The van der Waals surface area contributed by atoms with Crippen molar-refractivity contribution in [2.75, 3.05) is 13.1 Å². The Morgan fingerprint density at radius 3 is 2.15 bits per heavy atom. The fourth-order valence-electron chi connectivity index (χ4n) is 2.79. The van der Waals surface area contributed by atoms with Gasteiger partial charge in [-0.05, 0) is 26.7 Å². The summed E-state index contributed by atoms with van der Waals surface area (Å²) in [6.07, 6.45) is 5.23. The number of nitrogens with zero attached hydrogens (tertiary/aromatic N) is 1. The maximum absolute atomic E-state index is 12.9. The van der Waals surface area contributed by atoms with Crippen molar-refractivity contribution in [3.05, 3.63) is 17.1 Å². The molecule has 1 fully saturated rings. The predicted molar refractivity (Wildman–Crippen MR) is 79.6 cm³/mol. The van der Waals surface area contributed by atoms with Crippen molar-refractivity contribution in [2.24, 2.45) is 0 Å². The van der Waals surface area contributed by atoms with E-state index in [0.717, 1.165) is 25.7 Å². The van der Waals surface area contributed by atoms with Crippen LogP contribution in [0.3, 0.4) is 0 Å². The highest BCUT2D eigenvalue weighted by Gasteiger charge is 2.32. The third kappa shape index (κ3) is 3.05. The maximum atomic E-state index is 12.9. The van der Waals surface area contributed by atoms with Crippen molar-refractivity contribution in [3.8, 4) is 0 Å². The average molecular weight is 320 g/mol. The van der Waals surface area contributed by atoms with E-state index >= 15 is 0 Å². The van der Waals surface area contributed by atoms with Gasteiger partial charge in [-0.15, -0.1) is 11.6 Å². The fraction of sp³-hybridized carbons (Fsp3) is 0.714. The number of furan rings is 1. The summed E-state index contributed by atoms with van der Waals surface area (Å²) in [4.78, 5) is 0.283. The number of halogens is 1. The normalized spacial score (nSPS) is 18.8. The summed E-state index contributed by atoms with van der Waals surface area (Å²) >= 11 is 5.91. The van der Waals surface area contributed by atoms with Gasteiger partial charge in [0.2, 0.25) is 10.0 Å². The molecule has 1 aromatic heterocycles. The molecule has 4 nitrogen and oxygen atoms in total. The second-order valence-electron chi connectivity index (χ2n) is 5.33. The highest BCUT2D eigenvalue weighted by molar-refractivity contribution is 7.89. The second kappa shape index (κ2) is 6.50. The molecule has 0 bridgehead atoms. The maximum Gasteiger partial charge on any atom is 0.246 e. The van der Waals surface area contributed by atoms with E-state index < -0.39 is 10.0 Å². The standard InChI is InChI=1S/C14H22ClNO3S/c1-11-13(10-15)14(12(2)19-11)20(17,18)16-8-6-4-3-5-7-9-16/h3-10H2,1-2H3. The Morgan fingerprint density at radius 1 is 1.05 bits per heavy atom. The van der Waals surface area contributed by atoms with Crippen molar-refractivity contribution < 1.29 is 12.8 Å². The topological polar surface area (TPSA) is 50.5 Å². The fourth-order valence-corrected chi connectivity index (χ4v) is 5.12. The Kier molecular flexibility index (Phi) is 5.15. The molecule has 2 rings (SSSR count). The molecule has 1 aliphatic rings. The summed E-state index contributed by atoms with van der Waals surface area (Å²) in [5.74, 6) is 1.20. The molecule has 0 unspecified atom stereocenters. The minimum Gasteiger partial charge on any atom is -0.465 e. The van der Waals surface area contributed by atoms with Crippen LogP contribution < -0.4 is 0 Å². The van der Waals surface area contributed by atoms with Gasteiger partial charge in [-0.2, -0.15) is 4.31 Å². The molecule has 1 aromatic rings. The van der Waals surface area contributed by atoms with Crippen molar-refractivity contribution >= 4 is 21.6 Å². The van der Waals surface area contributed by atoms with Crippen molar-refractivity contribution in [1.29, 1.82) is 0 Å². The van der Waals surface area contributed by atoms with E-state index in [4.69, 9.17) is 16.0 Å². The molecule has 1 saturated heterocycles. The molecule has 0 saturated carbocycles. The highest BCUT2D eigenvalue weighted by atomic mass is 35.5. The summed E-state index contributed by atoms with van der Waals surface area (Å²) in [5, 5.41) is 0. The zero-order valence-electron chi connectivity index (χ0n) is 12.1. The third-order valence-corrected chi connectivity index (χ3v) is 6.23. The first-order chi connectivity index (χ1) is 9.48. The van der Waals surface area contributed by atoms with Crippen LogP contribution in [0.5, 0.6) is 0 Å². The molecule has 1 aliphatic heterocycles. The van der Waals surface area contributed by atoms with Crippen molar-refractivity contribution in [2.45, 2.75) is 56.7 Å². The molecule has 0 aromatic carbocycles. The Bertz CT molecular complexity index is 557. The van der Waals surface area contributed by atoms with Gasteiger partial charge in [0.15, 0.2) is 0 Å². The number of sulfonamides is 1. The van der Waals surface area contributed by atoms with Crippen molar-refractivity contribution in [1.82, 2.24) is 4.31 Å². The lowest BCUT2D eigenvalue weighted by Gasteiger charge is -2.24. The molecule has 0 amide bonds. The number of hydrogen-bond donors (Lipinski definition) is 0. The van der Waals surface area contributed by atoms with Gasteiger partial charge in [-0.1, -0.05) is 19.3 Å². The van der Waals surface area contributed by atoms with Gasteiger partial charge in [0.05, 0.1) is 5.88 Å². The molecule has 0 atom stereocenters. The summed E-state index contributed by atoms with van der Waals surface area (Å²) in [6.45, 7) is 4.64. The number of aryl methyl sites for hydroxylation is 2. The van der Waals surface area contributed by atoms with Gasteiger partial charge in [0, 0.05) is 18.7 Å². The first-order valence-electron chi connectivity index (χ1n) is 7.13. The number of hydrogen-bond acceptors (Lipinski definition) is 3. The summed E-state index contributed by atoms with van der Waals surface area (Å²) in [6, 6.07) is 0. The van der Waals surface area contributed by atoms with E-state index in [1.807, 2.05) is 0 Å². The lowest BCUT2D eigenvalue weighted by molar-refractivity contribution is 0.363. The predicted octanol–water partition coefficient (Wildman–Crippen LogP) is 3.59. The van der Waals surface area contributed by atoms with Gasteiger partial charge in [0.25, 0.3) is 0 Å². The van der Waals surface area contributed by atoms with E-state index in [2.05, 4.69) is 0 Å². The van der Waals surface area contributed by atoms with Crippen LogP contribution in [0, 0.1) is 13.8 Å². The van der Waals surface area contributed by atoms with Crippen LogP contribution in [-0.2, 0) is 15.9 Å². The zero-order chi connectivity index (χ0) is 14.8. The van der Waals surface area contributed by atoms with Crippen LogP contribution in [0.4, 0.5) is 0 Å². The molecule has 0 spiro atoms. The summed E-state index contributed by atoms with van der Waals surface area (Å²) in [7, 11) is -3.50. The van der Waals surface area contributed by atoms with Gasteiger partial charge in [-0.25, -0.2) is 8.42 Å². The summed E-state index contributed by atoms with van der Waals surface area (Å²) in [5.41, 5.74) is 0.603. The molecule has 0 radical (unpaired) electrons. The first-order valence-corrected chi connectivity index (χ1v) is 9.11. The van der Waals surface area contributed by atoms with Crippen molar-refractivity contribution in [3.63, 3.8) is 0 Å². The number of alkyl halides is 1. The van der Waals surface area contributed by atoms with E-state index in [1.165, 1.54) is 6.42 Å². The molecule has 0 N–H and O–H groups in total. The minimum absolute atomic E-state index is 0.158.